The van der Waals surface area contributed by atoms with Gasteiger partial charge in [0.25, 0.3) is 11.1 Å². The molecular formula is C13H9BrN4O2. The summed E-state index contributed by atoms with van der Waals surface area (Å²) < 4.78 is 1.74. The van der Waals surface area contributed by atoms with Crippen LogP contribution in [0.5, 0.6) is 0 Å². The maximum atomic E-state index is 11.9. The molecule has 0 fully saturated rings. The Labute approximate surface area is 121 Å². The van der Waals surface area contributed by atoms with Gasteiger partial charge in [0.1, 0.15) is 10.3 Å². The molecule has 6 nitrogen and oxygen atoms in total. The molecule has 0 bridgehead atoms. The average Bonchev–Trinajstić information content (AvgIpc) is 2.44. The van der Waals surface area contributed by atoms with Gasteiger partial charge in [0, 0.05) is 6.20 Å². The van der Waals surface area contributed by atoms with Crippen LogP contribution in [0.3, 0.4) is 0 Å². The van der Waals surface area contributed by atoms with Gasteiger partial charge in [-0.2, -0.15) is 0 Å². The van der Waals surface area contributed by atoms with E-state index in [0.29, 0.717) is 21.2 Å². The number of aromatic amines is 1. The molecule has 20 heavy (non-hydrogen) atoms. The van der Waals surface area contributed by atoms with Gasteiger partial charge in [-0.25, -0.2) is 9.97 Å². The van der Waals surface area contributed by atoms with Gasteiger partial charge in [0.05, 0.1) is 23.8 Å². The Hall–Kier alpha value is -2.28. The minimum absolute atomic E-state index is 0.158. The first-order valence-corrected chi connectivity index (χ1v) is 6.62. The van der Waals surface area contributed by atoms with Crippen LogP contribution >= 0.6 is 15.9 Å². The van der Waals surface area contributed by atoms with Crippen molar-refractivity contribution >= 4 is 26.8 Å². The molecule has 100 valence electrons. The number of H-pyrrole nitrogens is 1. The fourth-order valence-electron chi connectivity index (χ4n) is 1.91. The average molecular weight is 333 g/mol. The molecule has 0 saturated heterocycles. The molecular weight excluding hydrogens is 324 g/mol. The monoisotopic (exact) mass is 332 g/mol. The summed E-state index contributed by atoms with van der Waals surface area (Å²) in [6.45, 7) is 0.158. The lowest BCUT2D eigenvalue weighted by Crippen LogP contribution is -2.23. The highest BCUT2D eigenvalue weighted by atomic mass is 79.9. The lowest BCUT2D eigenvalue weighted by atomic mass is 10.2. The first-order chi connectivity index (χ1) is 9.65. The third kappa shape index (κ3) is 2.27. The minimum atomic E-state index is -0.226. The molecule has 2 aromatic heterocycles. The van der Waals surface area contributed by atoms with Crippen molar-refractivity contribution < 1.29 is 0 Å². The molecule has 3 rings (SSSR count). The Bertz CT molecular complexity index is 901. The van der Waals surface area contributed by atoms with E-state index < -0.39 is 0 Å². The van der Waals surface area contributed by atoms with Crippen molar-refractivity contribution in [2.24, 2.45) is 0 Å². The van der Waals surface area contributed by atoms with Crippen LogP contribution in [-0.4, -0.2) is 19.5 Å². The zero-order chi connectivity index (χ0) is 14.1. The van der Waals surface area contributed by atoms with Crippen molar-refractivity contribution in [2.75, 3.05) is 0 Å². The number of aromatic nitrogens is 4. The highest BCUT2D eigenvalue weighted by Gasteiger charge is 2.06. The first kappa shape index (κ1) is 12.7. The molecule has 1 aromatic carbocycles. The molecule has 0 atom stereocenters. The number of rotatable bonds is 2. The highest BCUT2D eigenvalue weighted by molar-refractivity contribution is 9.10. The van der Waals surface area contributed by atoms with Gasteiger partial charge >= 0.3 is 0 Å². The topological polar surface area (TPSA) is 80.6 Å². The fourth-order valence-corrected chi connectivity index (χ4v) is 2.25. The van der Waals surface area contributed by atoms with E-state index in [1.54, 1.807) is 18.2 Å². The van der Waals surface area contributed by atoms with Crippen molar-refractivity contribution in [3.63, 3.8) is 0 Å². The molecule has 0 spiro atoms. The zero-order valence-electron chi connectivity index (χ0n) is 10.2. The van der Waals surface area contributed by atoms with Gasteiger partial charge in [-0.15, -0.1) is 0 Å². The van der Waals surface area contributed by atoms with Gasteiger partial charge in [0.15, 0.2) is 0 Å². The summed E-state index contributed by atoms with van der Waals surface area (Å²) >= 11 is 3.13. The van der Waals surface area contributed by atoms with Crippen LogP contribution in [0, 0.1) is 0 Å². The SMILES string of the molecule is O=c1[nH]c(Cn2cncc(Br)c2=O)nc2ccccc12. The zero-order valence-corrected chi connectivity index (χ0v) is 11.8. The minimum Gasteiger partial charge on any atom is -0.308 e. The van der Waals surface area contributed by atoms with E-state index in [2.05, 4.69) is 30.9 Å². The Morgan fingerprint density at radius 1 is 1.25 bits per heavy atom. The molecule has 0 unspecified atom stereocenters. The Kier molecular flexibility index (Phi) is 3.19. The molecule has 0 aliphatic rings. The van der Waals surface area contributed by atoms with Crippen LogP contribution in [0.1, 0.15) is 5.82 Å². The smallest absolute Gasteiger partial charge is 0.268 e. The second kappa shape index (κ2) is 5.01. The van der Waals surface area contributed by atoms with E-state index in [-0.39, 0.29) is 17.7 Å². The van der Waals surface area contributed by atoms with E-state index >= 15 is 0 Å². The summed E-state index contributed by atoms with van der Waals surface area (Å²) in [5.41, 5.74) is 0.152. The van der Waals surface area contributed by atoms with Gasteiger partial charge < -0.3 is 4.98 Å². The molecule has 0 radical (unpaired) electrons. The highest BCUT2D eigenvalue weighted by Crippen LogP contribution is 2.06. The maximum absolute atomic E-state index is 11.9. The number of benzene rings is 1. The van der Waals surface area contributed by atoms with E-state index in [9.17, 15) is 9.59 Å². The summed E-state index contributed by atoms with van der Waals surface area (Å²) in [5.74, 6) is 0.413. The van der Waals surface area contributed by atoms with Crippen molar-refractivity contribution in [1.29, 1.82) is 0 Å². The Morgan fingerprint density at radius 3 is 2.90 bits per heavy atom. The van der Waals surface area contributed by atoms with Crippen LogP contribution in [0.15, 0.2) is 50.9 Å². The van der Waals surface area contributed by atoms with Crippen molar-refractivity contribution in [3.05, 3.63) is 67.8 Å². The number of nitrogens with one attached hydrogen (secondary N) is 1. The van der Waals surface area contributed by atoms with E-state index in [1.165, 1.54) is 17.1 Å². The summed E-state index contributed by atoms with van der Waals surface area (Å²) in [5, 5.41) is 0.524. The fraction of sp³-hybridized carbons (Fsp3) is 0.0769. The maximum Gasteiger partial charge on any atom is 0.268 e. The quantitative estimate of drug-likeness (QED) is 0.766. The van der Waals surface area contributed by atoms with E-state index in [1.807, 2.05) is 6.07 Å². The number of hydrogen-bond donors (Lipinski definition) is 1. The summed E-state index contributed by atoms with van der Waals surface area (Å²) in [6.07, 6.45) is 2.83. The predicted molar refractivity (Wildman–Crippen MR) is 77.7 cm³/mol. The molecule has 1 N–H and O–H groups in total. The van der Waals surface area contributed by atoms with Gasteiger partial charge in [-0.1, -0.05) is 12.1 Å². The largest absolute Gasteiger partial charge is 0.308 e. The Morgan fingerprint density at radius 2 is 2.05 bits per heavy atom. The second-order valence-electron chi connectivity index (χ2n) is 4.20. The molecule has 0 amide bonds. The van der Waals surface area contributed by atoms with Gasteiger partial charge in [0.2, 0.25) is 0 Å². The number of fused-ring (bicyclic) bond motifs is 1. The molecule has 0 aliphatic carbocycles. The van der Waals surface area contributed by atoms with Gasteiger partial charge in [-0.3, -0.25) is 14.2 Å². The van der Waals surface area contributed by atoms with Crippen LogP contribution in [0.4, 0.5) is 0 Å². The van der Waals surface area contributed by atoms with Crippen molar-refractivity contribution in [2.45, 2.75) is 6.54 Å². The first-order valence-electron chi connectivity index (χ1n) is 5.83. The second-order valence-corrected chi connectivity index (χ2v) is 5.06. The number of hydrogen-bond acceptors (Lipinski definition) is 4. The number of halogens is 1. The van der Waals surface area contributed by atoms with Crippen LogP contribution in [-0.2, 0) is 6.54 Å². The summed E-state index contributed by atoms with van der Waals surface area (Å²) in [4.78, 5) is 34.8. The number of para-hydroxylation sites is 1. The third-order valence-electron chi connectivity index (χ3n) is 2.84. The van der Waals surface area contributed by atoms with Crippen LogP contribution in [0.25, 0.3) is 10.9 Å². The molecule has 0 aliphatic heterocycles. The van der Waals surface area contributed by atoms with E-state index in [4.69, 9.17) is 0 Å². The van der Waals surface area contributed by atoms with Crippen LogP contribution in [0.2, 0.25) is 0 Å². The van der Waals surface area contributed by atoms with E-state index in [0.717, 1.165) is 0 Å². The molecule has 3 aromatic rings. The molecule has 2 heterocycles. The third-order valence-corrected chi connectivity index (χ3v) is 3.39. The lowest BCUT2D eigenvalue weighted by molar-refractivity contribution is 0.694. The normalized spacial score (nSPS) is 10.8. The van der Waals surface area contributed by atoms with Crippen LogP contribution < -0.4 is 11.1 Å². The molecule has 7 heteroatoms. The summed E-state index contributed by atoms with van der Waals surface area (Å²) in [7, 11) is 0. The Balaban J connectivity index is 2.10. The van der Waals surface area contributed by atoms with Crippen molar-refractivity contribution in [1.82, 2.24) is 19.5 Å². The number of nitrogens with zero attached hydrogens (tertiary/aromatic N) is 3. The molecule has 0 saturated carbocycles. The predicted octanol–water partition coefficient (Wildman–Crippen LogP) is 1.29. The van der Waals surface area contributed by atoms with Gasteiger partial charge in [-0.05, 0) is 28.1 Å². The lowest BCUT2D eigenvalue weighted by Gasteiger charge is -2.05. The summed E-state index contributed by atoms with van der Waals surface area (Å²) in [6, 6.07) is 7.06. The standard InChI is InChI=1S/C13H9BrN4O2/c14-9-5-15-7-18(13(9)20)6-11-16-10-4-2-1-3-8(10)12(19)17-11/h1-5,7H,6H2,(H,16,17,19). The van der Waals surface area contributed by atoms with Crippen molar-refractivity contribution in [3.8, 4) is 0 Å².